The Bertz CT molecular complexity index is 436. The van der Waals surface area contributed by atoms with Crippen LogP contribution >= 0.6 is 24.0 Å². The summed E-state index contributed by atoms with van der Waals surface area (Å²) in [6, 6.07) is 0. The van der Waals surface area contributed by atoms with Crippen LogP contribution in [-0.2, 0) is 9.47 Å². The molecule has 0 amide bonds. The maximum atomic E-state index is 6.04. The number of hydrogen-bond donors (Lipinski definition) is 2. The van der Waals surface area contributed by atoms with Crippen LogP contribution < -0.4 is 10.6 Å². The zero-order valence-corrected chi connectivity index (χ0v) is 20.8. The van der Waals surface area contributed by atoms with Crippen LogP contribution in [-0.4, -0.2) is 75.0 Å². The molecule has 0 radical (unpaired) electrons. The first-order chi connectivity index (χ1) is 13.1. The number of guanidine groups is 1. The summed E-state index contributed by atoms with van der Waals surface area (Å²) in [6.07, 6.45) is 6.82. The van der Waals surface area contributed by atoms with E-state index in [0.29, 0.717) is 6.10 Å². The van der Waals surface area contributed by atoms with E-state index in [1.807, 2.05) is 0 Å². The first-order valence-electron chi connectivity index (χ1n) is 11.0. The highest BCUT2D eigenvalue weighted by atomic mass is 127. The molecule has 1 unspecified atom stereocenters. The number of halogens is 1. The lowest BCUT2D eigenvalue weighted by molar-refractivity contribution is -0.00684. The Labute approximate surface area is 189 Å². The first kappa shape index (κ1) is 25.9. The standard InChI is InChI=1S/C21H42N4O2.HI/c1-5-22-20(24-17-21(3,4)25-13-15-26-16-14-25)23-12-11-19(27-6-2)18-9-7-8-10-18;/h18-19H,5-17H2,1-4H3,(H2,22,23,24);1H. The molecule has 28 heavy (non-hydrogen) atoms. The molecule has 1 atom stereocenters. The largest absolute Gasteiger partial charge is 0.379 e. The molecule has 7 heteroatoms. The molecule has 1 aliphatic carbocycles. The van der Waals surface area contributed by atoms with Gasteiger partial charge in [0.2, 0.25) is 0 Å². The van der Waals surface area contributed by atoms with Crippen molar-refractivity contribution in [2.75, 3.05) is 52.5 Å². The van der Waals surface area contributed by atoms with E-state index in [-0.39, 0.29) is 29.5 Å². The number of nitrogens with zero attached hydrogens (tertiary/aromatic N) is 2. The van der Waals surface area contributed by atoms with Crippen LogP contribution in [0.3, 0.4) is 0 Å². The monoisotopic (exact) mass is 510 g/mol. The van der Waals surface area contributed by atoms with E-state index >= 15 is 0 Å². The van der Waals surface area contributed by atoms with Gasteiger partial charge in [-0.2, -0.15) is 0 Å². The van der Waals surface area contributed by atoms with Crippen molar-refractivity contribution in [3.8, 4) is 0 Å². The quantitative estimate of drug-likeness (QED) is 0.269. The van der Waals surface area contributed by atoms with Crippen molar-refractivity contribution < 1.29 is 9.47 Å². The summed E-state index contributed by atoms with van der Waals surface area (Å²) in [6.45, 7) is 15.8. The minimum Gasteiger partial charge on any atom is -0.379 e. The number of hydrogen-bond acceptors (Lipinski definition) is 4. The van der Waals surface area contributed by atoms with Crippen molar-refractivity contribution in [1.29, 1.82) is 0 Å². The summed E-state index contributed by atoms with van der Waals surface area (Å²) < 4.78 is 11.5. The number of morpholine rings is 1. The zero-order valence-electron chi connectivity index (χ0n) is 18.5. The van der Waals surface area contributed by atoms with Crippen LogP contribution in [0.15, 0.2) is 4.99 Å². The number of aliphatic imine (C=N–C) groups is 1. The number of ether oxygens (including phenoxy) is 2. The molecule has 1 saturated heterocycles. The molecule has 166 valence electrons. The average molecular weight is 511 g/mol. The van der Waals surface area contributed by atoms with Gasteiger partial charge in [0.1, 0.15) is 0 Å². The third kappa shape index (κ3) is 8.71. The van der Waals surface area contributed by atoms with E-state index in [0.717, 1.165) is 70.8 Å². The fourth-order valence-electron chi connectivity index (χ4n) is 4.21. The molecule has 1 heterocycles. The smallest absolute Gasteiger partial charge is 0.191 e. The zero-order chi connectivity index (χ0) is 19.5. The molecule has 2 fully saturated rings. The van der Waals surface area contributed by atoms with E-state index in [1.165, 1.54) is 25.7 Å². The van der Waals surface area contributed by atoms with E-state index in [9.17, 15) is 0 Å². The molecule has 2 N–H and O–H groups in total. The Hall–Kier alpha value is -0.120. The van der Waals surface area contributed by atoms with Gasteiger partial charge in [-0.05, 0) is 52.9 Å². The second kappa shape index (κ2) is 14.0. The molecule has 2 aliphatic rings. The molecular weight excluding hydrogens is 467 g/mol. The molecule has 1 aliphatic heterocycles. The molecule has 2 rings (SSSR count). The average Bonchev–Trinajstić information content (AvgIpc) is 3.21. The summed E-state index contributed by atoms with van der Waals surface area (Å²) in [4.78, 5) is 7.35. The Balaban J connectivity index is 0.00000392. The minimum absolute atomic E-state index is 0. The van der Waals surface area contributed by atoms with E-state index in [1.54, 1.807) is 0 Å². The van der Waals surface area contributed by atoms with Gasteiger partial charge in [-0.25, -0.2) is 0 Å². The van der Waals surface area contributed by atoms with Crippen molar-refractivity contribution >= 4 is 29.9 Å². The molecule has 0 aromatic heterocycles. The number of nitrogens with one attached hydrogen (secondary N) is 2. The summed E-state index contributed by atoms with van der Waals surface area (Å²) >= 11 is 0. The highest BCUT2D eigenvalue weighted by Crippen LogP contribution is 2.30. The Kier molecular flexibility index (Phi) is 12.9. The van der Waals surface area contributed by atoms with Crippen molar-refractivity contribution in [3.63, 3.8) is 0 Å². The van der Waals surface area contributed by atoms with Gasteiger partial charge in [0.25, 0.3) is 0 Å². The fourth-order valence-corrected chi connectivity index (χ4v) is 4.21. The van der Waals surface area contributed by atoms with Crippen LogP contribution in [0.4, 0.5) is 0 Å². The van der Waals surface area contributed by atoms with Crippen molar-refractivity contribution in [1.82, 2.24) is 15.5 Å². The lowest BCUT2D eigenvalue weighted by atomic mass is 9.98. The van der Waals surface area contributed by atoms with Crippen LogP contribution in [0.2, 0.25) is 0 Å². The molecule has 0 bridgehead atoms. The SMILES string of the molecule is CCNC(=NCC(C)(C)N1CCOCC1)NCCC(OCC)C1CCCC1.I. The summed E-state index contributed by atoms with van der Waals surface area (Å²) in [5.74, 6) is 1.66. The molecule has 1 saturated carbocycles. The summed E-state index contributed by atoms with van der Waals surface area (Å²) in [5.41, 5.74) is 0.0455. The third-order valence-electron chi connectivity index (χ3n) is 5.86. The van der Waals surface area contributed by atoms with Crippen LogP contribution in [0.1, 0.15) is 59.8 Å². The predicted octanol–water partition coefficient (Wildman–Crippen LogP) is 3.26. The third-order valence-corrected chi connectivity index (χ3v) is 5.86. The van der Waals surface area contributed by atoms with Gasteiger partial charge in [0.15, 0.2) is 5.96 Å². The van der Waals surface area contributed by atoms with Gasteiger partial charge in [-0.1, -0.05) is 12.8 Å². The van der Waals surface area contributed by atoms with Crippen molar-refractivity contribution in [2.24, 2.45) is 10.9 Å². The highest BCUT2D eigenvalue weighted by Gasteiger charge is 2.28. The Morgan fingerprint density at radius 2 is 1.86 bits per heavy atom. The number of rotatable bonds is 10. The first-order valence-corrected chi connectivity index (χ1v) is 11.0. The topological polar surface area (TPSA) is 58.1 Å². The predicted molar refractivity (Wildman–Crippen MR) is 128 cm³/mol. The van der Waals surface area contributed by atoms with Crippen LogP contribution in [0, 0.1) is 5.92 Å². The van der Waals surface area contributed by atoms with Gasteiger partial charge in [-0.15, -0.1) is 24.0 Å². The molecule has 0 aromatic rings. The Morgan fingerprint density at radius 3 is 2.46 bits per heavy atom. The van der Waals surface area contributed by atoms with Crippen molar-refractivity contribution in [2.45, 2.75) is 71.4 Å². The maximum absolute atomic E-state index is 6.04. The maximum Gasteiger partial charge on any atom is 0.191 e. The van der Waals surface area contributed by atoms with Gasteiger partial charge < -0.3 is 20.1 Å². The van der Waals surface area contributed by atoms with Gasteiger partial charge >= 0.3 is 0 Å². The van der Waals surface area contributed by atoms with E-state index in [2.05, 4.69) is 43.2 Å². The lowest BCUT2D eigenvalue weighted by Gasteiger charge is -2.39. The Morgan fingerprint density at radius 1 is 1.18 bits per heavy atom. The molecule has 6 nitrogen and oxygen atoms in total. The fraction of sp³-hybridized carbons (Fsp3) is 0.952. The minimum atomic E-state index is 0. The lowest BCUT2D eigenvalue weighted by Crippen LogP contribution is -2.52. The molecule has 0 aromatic carbocycles. The summed E-state index contributed by atoms with van der Waals surface area (Å²) in [5, 5.41) is 6.91. The second-order valence-electron chi connectivity index (χ2n) is 8.36. The normalized spacial score (nSPS) is 20.6. The van der Waals surface area contributed by atoms with Gasteiger partial charge in [-0.3, -0.25) is 9.89 Å². The molecule has 0 spiro atoms. The van der Waals surface area contributed by atoms with Crippen LogP contribution in [0.5, 0.6) is 0 Å². The summed E-state index contributed by atoms with van der Waals surface area (Å²) in [7, 11) is 0. The van der Waals surface area contributed by atoms with Crippen LogP contribution in [0.25, 0.3) is 0 Å². The molecular formula is C21H43IN4O2. The highest BCUT2D eigenvalue weighted by molar-refractivity contribution is 14.0. The van der Waals surface area contributed by atoms with Gasteiger partial charge in [0, 0.05) is 38.3 Å². The van der Waals surface area contributed by atoms with E-state index in [4.69, 9.17) is 14.5 Å². The van der Waals surface area contributed by atoms with Crippen molar-refractivity contribution in [3.05, 3.63) is 0 Å². The van der Waals surface area contributed by atoms with E-state index < -0.39 is 0 Å². The van der Waals surface area contributed by atoms with Gasteiger partial charge in [0.05, 0.1) is 25.9 Å². The second-order valence-corrected chi connectivity index (χ2v) is 8.36.